The Hall–Kier alpha value is -2.05. The molecule has 3 rings (SSSR count). The number of thiophene rings is 1. The van der Waals surface area contributed by atoms with Crippen molar-refractivity contribution < 1.29 is 19.4 Å². The zero-order chi connectivity index (χ0) is 17.8. The summed E-state index contributed by atoms with van der Waals surface area (Å²) < 4.78 is 11.0. The minimum Gasteiger partial charge on any atom is -0.497 e. The molecule has 1 aromatic carbocycles. The van der Waals surface area contributed by atoms with E-state index >= 15 is 0 Å². The van der Waals surface area contributed by atoms with Crippen LogP contribution in [0.3, 0.4) is 0 Å². The molecule has 2 unspecified atom stereocenters. The highest BCUT2D eigenvalue weighted by atomic mass is 32.1. The van der Waals surface area contributed by atoms with Gasteiger partial charge in [0.2, 0.25) is 0 Å². The molecule has 134 valence electrons. The number of hydrogen-bond donors (Lipinski definition) is 1. The number of nitrogens with zero attached hydrogens (tertiary/aromatic N) is 1. The number of likely N-dealkylation sites (tertiary alicyclic amines) is 1. The molecule has 6 heteroatoms. The molecule has 0 amide bonds. The van der Waals surface area contributed by atoms with Gasteiger partial charge in [-0.25, -0.2) is 0 Å². The van der Waals surface area contributed by atoms with Crippen LogP contribution in [0.2, 0.25) is 0 Å². The molecule has 1 saturated heterocycles. The van der Waals surface area contributed by atoms with Gasteiger partial charge < -0.3 is 14.6 Å². The average molecular weight is 361 g/mol. The largest absolute Gasteiger partial charge is 0.497 e. The molecule has 1 aromatic heterocycles. The van der Waals surface area contributed by atoms with Crippen molar-refractivity contribution in [3.05, 3.63) is 46.2 Å². The van der Waals surface area contributed by atoms with E-state index in [-0.39, 0.29) is 12.0 Å². The first-order valence-electron chi connectivity index (χ1n) is 8.36. The Morgan fingerprint density at radius 2 is 2.16 bits per heavy atom. The van der Waals surface area contributed by atoms with Crippen molar-refractivity contribution in [1.82, 2.24) is 4.90 Å². The van der Waals surface area contributed by atoms with E-state index in [1.54, 1.807) is 25.6 Å². The molecule has 0 aliphatic carbocycles. The molecule has 0 bridgehead atoms. The highest BCUT2D eigenvalue weighted by Gasteiger charge is 2.33. The lowest BCUT2D eigenvalue weighted by atomic mass is 9.93. The van der Waals surface area contributed by atoms with Crippen LogP contribution in [0, 0.1) is 5.92 Å². The van der Waals surface area contributed by atoms with Crippen LogP contribution in [0.1, 0.15) is 29.3 Å². The van der Waals surface area contributed by atoms with Gasteiger partial charge in [0.1, 0.15) is 11.5 Å². The molecular formula is C19H23NO4S. The minimum absolute atomic E-state index is 0.0350. The van der Waals surface area contributed by atoms with Crippen LogP contribution in [0.5, 0.6) is 11.5 Å². The SMILES string of the molecule is COc1ccc(OC)c(C(c2cccs2)N2CCCC(C(=O)O)C2)c1. The van der Waals surface area contributed by atoms with Crippen molar-refractivity contribution in [3.8, 4) is 11.5 Å². The summed E-state index contributed by atoms with van der Waals surface area (Å²) in [5.41, 5.74) is 1.01. The number of hydrogen-bond acceptors (Lipinski definition) is 5. The van der Waals surface area contributed by atoms with Crippen molar-refractivity contribution >= 4 is 17.3 Å². The number of carboxylic acid groups (broad SMARTS) is 1. The molecule has 2 aromatic rings. The first-order chi connectivity index (χ1) is 12.1. The Bertz CT molecular complexity index is 716. The van der Waals surface area contributed by atoms with Gasteiger partial charge in [-0.1, -0.05) is 6.07 Å². The standard InChI is InChI=1S/C19H23NO4S/c1-23-14-7-8-16(24-2)15(11-14)18(17-6-4-10-25-17)20-9-3-5-13(12-20)19(21)22/h4,6-8,10-11,13,18H,3,5,9,12H2,1-2H3,(H,21,22). The summed E-state index contributed by atoms with van der Waals surface area (Å²) in [5.74, 6) is 0.515. The maximum absolute atomic E-state index is 11.5. The van der Waals surface area contributed by atoms with Crippen molar-refractivity contribution in [3.63, 3.8) is 0 Å². The van der Waals surface area contributed by atoms with Crippen molar-refractivity contribution in [2.45, 2.75) is 18.9 Å². The third-order valence-corrected chi connectivity index (χ3v) is 5.64. The number of piperidine rings is 1. The van der Waals surface area contributed by atoms with Crippen LogP contribution in [0.4, 0.5) is 0 Å². The molecule has 0 radical (unpaired) electrons. The molecule has 2 atom stereocenters. The zero-order valence-corrected chi connectivity index (χ0v) is 15.3. The summed E-state index contributed by atoms with van der Waals surface area (Å²) in [6.07, 6.45) is 1.61. The van der Waals surface area contributed by atoms with E-state index in [9.17, 15) is 9.90 Å². The summed E-state index contributed by atoms with van der Waals surface area (Å²) in [7, 11) is 3.31. The fourth-order valence-electron chi connectivity index (χ4n) is 3.47. The second kappa shape index (κ2) is 7.89. The maximum atomic E-state index is 11.5. The molecule has 1 aliphatic rings. The van der Waals surface area contributed by atoms with Crippen LogP contribution in [0.15, 0.2) is 35.7 Å². The summed E-state index contributed by atoms with van der Waals surface area (Å²) in [4.78, 5) is 14.9. The monoisotopic (exact) mass is 361 g/mol. The van der Waals surface area contributed by atoms with E-state index in [1.165, 1.54) is 4.88 Å². The van der Waals surface area contributed by atoms with Gasteiger partial charge in [-0.15, -0.1) is 11.3 Å². The predicted molar refractivity (Wildman–Crippen MR) is 97.6 cm³/mol. The second-order valence-electron chi connectivity index (χ2n) is 6.20. The van der Waals surface area contributed by atoms with E-state index in [4.69, 9.17) is 9.47 Å². The molecular weight excluding hydrogens is 338 g/mol. The zero-order valence-electron chi connectivity index (χ0n) is 14.5. The lowest BCUT2D eigenvalue weighted by molar-refractivity contribution is -0.143. The summed E-state index contributed by atoms with van der Waals surface area (Å²) in [6, 6.07) is 9.87. The van der Waals surface area contributed by atoms with Crippen molar-refractivity contribution in [2.75, 3.05) is 27.3 Å². The van der Waals surface area contributed by atoms with E-state index in [2.05, 4.69) is 11.0 Å². The molecule has 0 saturated carbocycles. The average Bonchev–Trinajstić information content (AvgIpc) is 3.16. The van der Waals surface area contributed by atoms with Crippen LogP contribution in [-0.4, -0.2) is 43.3 Å². The van der Waals surface area contributed by atoms with Crippen LogP contribution in [0.25, 0.3) is 0 Å². The van der Waals surface area contributed by atoms with Crippen LogP contribution in [-0.2, 0) is 4.79 Å². The lowest BCUT2D eigenvalue weighted by Crippen LogP contribution is -2.41. The third kappa shape index (κ3) is 3.80. The molecule has 5 nitrogen and oxygen atoms in total. The topological polar surface area (TPSA) is 59.0 Å². The summed E-state index contributed by atoms with van der Waals surface area (Å²) in [6.45, 7) is 1.41. The normalized spacial score (nSPS) is 19.4. The molecule has 1 N–H and O–H groups in total. The van der Waals surface area contributed by atoms with Crippen LogP contribution < -0.4 is 9.47 Å². The summed E-state index contributed by atoms with van der Waals surface area (Å²) >= 11 is 1.68. The Kier molecular flexibility index (Phi) is 5.60. The fourth-order valence-corrected chi connectivity index (χ4v) is 4.35. The van der Waals surface area contributed by atoms with Crippen molar-refractivity contribution in [2.24, 2.45) is 5.92 Å². The van der Waals surface area contributed by atoms with E-state index in [1.807, 2.05) is 29.6 Å². The lowest BCUT2D eigenvalue weighted by Gasteiger charge is -2.37. The third-order valence-electron chi connectivity index (χ3n) is 4.71. The molecule has 1 fully saturated rings. The Morgan fingerprint density at radius 1 is 1.32 bits per heavy atom. The van der Waals surface area contributed by atoms with Gasteiger partial charge in [-0.2, -0.15) is 0 Å². The summed E-state index contributed by atoms with van der Waals surface area (Å²) in [5, 5.41) is 11.5. The van der Waals surface area contributed by atoms with Gasteiger partial charge in [-0.3, -0.25) is 9.69 Å². The molecule has 0 spiro atoms. The van der Waals surface area contributed by atoms with Crippen molar-refractivity contribution in [1.29, 1.82) is 0 Å². The number of rotatable bonds is 6. The first kappa shape index (κ1) is 17.8. The smallest absolute Gasteiger partial charge is 0.307 e. The highest BCUT2D eigenvalue weighted by molar-refractivity contribution is 7.10. The van der Waals surface area contributed by atoms with Gasteiger partial charge in [-0.05, 0) is 49.0 Å². The fraction of sp³-hybridized carbons (Fsp3) is 0.421. The molecule has 25 heavy (non-hydrogen) atoms. The Morgan fingerprint density at radius 3 is 2.80 bits per heavy atom. The van der Waals surface area contributed by atoms with Gasteiger partial charge in [0.05, 0.1) is 26.2 Å². The number of benzene rings is 1. The number of methoxy groups -OCH3 is 2. The number of ether oxygens (including phenoxy) is 2. The molecule has 2 heterocycles. The van der Waals surface area contributed by atoms with Gasteiger partial charge >= 0.3 is 5.97 Å². The van der Waals surface area contributed by atoms with E-state index < -0.39 is 5.97 Å². The Balaban J connectivity index is 2.03. The Labute approximate surface area is 151 Å². The van der Waals surface area contributed by atoms with Gasteiger partial charge in [0.25, 0.3) is 0 Å². The quantitative estimate of drug-likeness (QED) is 0.851. The van der Waals surface area contributed by atoms with Gasteiger partial charge in [0, 0.05) is 17.0 Å². The van der Waals surface area contributed by atoms with Gasteiger partial charge in [0.15, 0.2) is 0 Å². The second-order valence-corrected chi connectivity index (χ2v) is 7.18. The minimum atomic E-state index is -0.716. The predicted octanol–water partition coefficient (Wildman–Crippen LogP) is 3.65. The van der Waals surface area contributed by atoms with E-state index in [0.29, 0.717) is 6.54 Å². The van der Waals surface area contributed by atoms with E-state index in [0.717, 1.165) is 36.4 Å². The first-order valence-corrected chi connectivity index (χ1v) is 9.24. The van der Waals surface area contributed by atoms with Crippen LogP contribution >= 0.6 is 11.3 Å². The highest BCUT2D eigenvalue weighted by Crippen LogP contribution is 2.40. The molecule has 1 aliphatic heterocycles. The number of carbonyl (C=O) groups is 1. The number of carboxylic acids is 1. The maximum Gasteiger partial charge on any atom is 0.307 e. The number of aliphatic carboxylic acids is 1.